The minimum Gasteiger partial charge on any atom is -0.383 e. The van der Waals surface area contributed by atoms with Crippen molar-refractivity contribution in [2.45, 2.75) is 46.6 Å². The van der Waals surface area contributed by atoms with Crippen LogP contribution in [0.4, 0.5) is 5.69 Å². The molecule has 1 aliphatic heterocycles. The van der Waals surface area contributed by atoms with E-state index in [9.17, 15) is 9.59 Å². The highest BCUT2D eigenvalue weighted by atomic mass is 16.5. The first-order valence-corrected chi connectivity index (χ1v) is 10.7. The van der Waals surface area contributed by atoms with Crippen LogP contribution in [0.2, 0.25) is 0 Å². The van der Waals surface area contributed by atoms with Crippen LogP contribution in [-0.4, -0.2) is 65.2 Å². The molecule has 1 fully saturated rings. The van der Waals surface area contributed by atoms with Crippen LogP contribution in [0.1, 0.15) is 40.5 Å². The normalized spacial score (nSPS) is 19.2. The van der Waals surface area contributed by atoms with Gasteiger partial charge in [0, 0.05) is 39.5 Å². The van der Waals surface area contributed by atoms with E-state index in [0.717, 1.165) is 19.4 Å². The molecule has 2 atom stereocenters. The molecule has 1 aliphatic rings. The molecular weight excluding hydrogens is 396 g/mol. The highest BCUT2D eigenvalue weighted by molar-refractivity contribution is 6.25. The first-order valence-electron chi connectivity index (χ1n) is 10.7. The largest absolute Gasteiger partial charge is 0.383 e. The summed E-state index contributed by atoms with van der Waals surface area (Å²) in [4.78, 5) is 27.7. The van der Waals surface area contributed by atoms with E-state index >= 15 is 0 Å². The van der Waals surface area contributed by atoms with Gasteiger partial charge in [0.15, 0.2) is 0 Å². The number of anilines is 1. The summed E-state index contributed by atoms with van der Waals surface area (Å²) >= 11 is 0. The van der Waals surface area contributed by atoms with Crippen LogP contribution in [0.5, 0.6) is 0 Å². The van der Waals surface area contributed by atoms with Crippen molar-refractivity contribution in [2.75, 3.05) is 32.1 Å². The molecule has 9 heteroatoms. The van der Waals surface area contributed by atoms with Crippen LogP contribution in [0.3, 0.4) is 0 Å². The molecule has 1 aromatic heterocycles. The SMILES string of the molecule is CCC[C@@H]1CN(C(=N)/C=C(\C(=O)Nc2cnn(C)c2)C(=O)N[C@@H](C)COC)CC1(C)C. The van der Waals surface area contributed by atoms with E-state index in [4.69, 9.17) is 10.1 Å². The standard InChI is InChI=1S/C22H36N6O3/c1-7-8-16-11-28(14-22(16,3)4)19(23)9-18(20(29)25-15(2)13-31-6)21(30)26-17-10-24-27(5)12-17/h9-10,12,15-16,23H,7-8,11,13-14H2,1-6H3,(H,25,29)(H,26,30)/b18-9-,23-19?/t15-,16+/m0/s1. The highest BCUT2D eigenvalue weighted by Crippen LogP contribution is 2.38. The summed E-state index contributed by atoms with van der Waals surface area (Å²) in [6.45, 7) is 10.2. The Bertz CT molecular complexity index is 829. The summed E-state index contributed by atoms with van der Waals surface area (Å²) in [5.41, 5.74) is 0.435. The van der Waals surface area contributed by atoms with Gasteiger partial charge in [-0.1, -0.05) is 27.2 Å². The second kappa shape index (κ2) is 10.6. The van der Waals surface area contributed by atoms with E-state index in [1.807, 2.05) is 4.90 Å². The zero-order valence-corrected chi connectivity index (χ0v) is 19.5. The molecule has 0 spiro atoms. The number of hydrogen-bond donors (Lipinski definition) is 3. The number of methoxy groups -OCH3 is 1. The number of nitrogens with one attached hydrogen (secondary N) is 3. The van der Waals surface area contributed by atoms with Crippen molar-refractivity contribution < 1.29 is 14.3 Å². The zero-order valence-electron chi connectivity index (χ0n) is 19.5. The Morgan fingerprint density at radius 1 is 1.42 bits per heavy atom. The second-order valence-corrected chi connectivity index (χ2v) is 8.98. The molecule has 1 saturated heterocycles. The number of likely N-dealkylation sites (tertiary alicyclic amines) is 1. The number of rotatable bonds is 9. The molecule has 0 unspecified atom stereocenters. The number of aromatic nitrogens is 2. The van der Waals surface area contributed by atoms with E-state index in [0.29, 0.717) is 24.8 Å². The average Bonchev–Trinajstić information content (AvgIpc) is 3.22. The zero-order chi connectivity index (χ0) is 23.2. The second-order valence-electron chi connectivity index (χ2n) is 8.98. The van der Waals surface area contributed by atoms with Crippen LogP contribution in [-0.2, 0) is 21.4 Å². The van der Waals surface area contributed by atoms with Gasteiger partial charge in [-0.2, -0.15) is 5.10 Å². The topological polar surface area (TPSA) is 112 Å². The molecule has 2 amide bonds. The smallest absolute Gasteiger partial charge is 0.261 e. The van der Waals surface area contributed by atoms with Gasteiger partial charge in [-0.25, -0.2) is 0 Å². The summed E-state index contributed by atoms with van der Waals surface area (Å²) < 4.78 is 6.62. The quantitative estimate of drug-likeness (QED) is 0.182. The van der Waals surface area contributed by atoms with Crippen molar-refractivity contribution in [3.05, 3.63) is 24.0 Å². The maximum absolute atomic E-state index is 12.9. The van der Waals surface area contributed by atoms with Crippen molar-refractivity contribution in [3.8, 4) is 0 Å². The molecule has 9 nitrogen and oxygen atoms in total. The molecule has 0 aromatic carbocycles. The molecule has 2 rings (SSSR count). The van der Waals surface area contributed by atoms with E-state index < -0.39 is 11.8 Å². The Hall–Kier alpha value is -2.68. The maximum Gasteiger partial charge on any atom is 0.261 e. The fraction of sp³-hybridized carbons (Fsp3) is 0.636. The molecule has 0 bridgehead atoms. The van der Waals surface area contributed by atoms with E-state index in [2.05, 4.69) is 36.5 Å². The van der Waals surface area contributed by atoms with E-state index in [-0.39, 0.29) is 22.9 Å². The lowest BCUT2D eigenvalue weighted by Gasteiger charge is -2.24. The third kappa shape index (κ3) is 6.65. The van der Waals surface area contributed by atoms with Crippen molar-refractivity contribution >= 4 is 23.3 Å². The van der Waals surface area contributed by atoms with Crippen molar-refractivity contribution in [1.29, 1.82) is 5.41 Å². The Morgan fingerprint density at radius 2 is 2.13 bits per heavy atom. The fourth-order valence-corrected chi connectivity index (χ4v) is 3.95. The third-order valence-corrected chi connectivity index (χ3v) is 5.65. The van der Waals surface area contributed by atoms with Gasteiger partial charge in [0.25, 0.3) is 11.8 Å². The van der Waals surface area contributed by atoms with Crippen molar-refractivity contribution in [1.82, 2.24) is 20.0 Å². The monoisotopic (exact) mass is 432 g/mol. The number of amidine groups is 1. The lowest BCUT2D eigenvalue weighted by Crippen LogP contribution is -2.40. The Labute approximate surface area is 184 Å². The maximum atomic E-state index is 12.9. The molecule has 0 radical (unpaired) electrons. The van der Waals surface area contributed by atoms with E-state index in [1.54, 1.807) is 32.0 Å². The van der Waals surface area contributed by atoms with Gasteiger partial charge in [0.2, 0.25) is 0 Å². The van der Waals surface area contributed by atoms with Crippen LogP contribution in [0, 0.1) is 16.7 Å². The minimum atomic E-state index is -0.580. The van der Waals surface area contributed by atoms with Crippen LogP contribution < -0.4 is 10.6 Å². The molecule has 1 aromatic rings. The number of nitrogens with zero attached hydrogens (tertiary/aromatic N) is 3. The van der Waals surface area contributed by atoms with Gasteiger partial charge in [-0.3, -0.25) is 19.7 Å². The summed E-state index contributed by atoms with van der Waals surface area (Å²) in [5, 5.41) is 18.1. The first-order chi connectivity index (χ1) is 14.6. The van der Waals surface area contributed by atoms with Gasteiger partial charge in [0.1, 0.15) is 11.4 Å². The number of amides is 2. The third-order valence-electron chi connectivity index (χ3n) is 5.65. The predicted molar refractivity (Wildman–Crippen MR) is 121 cm³/mol. The Morgan fingerprint density at radius 3 is 2.71 bits per heavy atom. The number of ether oxygens (including phenoxy) is 1. The summed E-state index contributed by atoms with van der Waals surface area (Å²) in [5.74, 6) is -0.491. The Balaban J connectivity index is 2.23. The molecule has 31 heavy (non-hydrogen) atoms. The van der Waals surface area contributed by atoms with Crippen molar-refractivity contribution in [2.24, 2.45) is 18.4 Å². The van der Waals surface area contributed by atoms with Crippen molar-refractivity contribution in [3.63, 3.8) is 0 Å². The van der Waals surface area contributed by atoms with Crippen LogP contribution in [0.15, 0.2) is 24.0 Å². The summed E-state index contributed by atoms with van der Waals surface area (Å²) in [6.07, 6.45) is 6.69. The number of hydrogen-bond acceptors (Lipinski definition) is 5. The summed E-state index contributed by atoms with van der Waals surface area (Å²) in [7, 11) is 3.29. The van der Waals surface area contributed by atoms with Crippen LogP contribution in [0.25, 0.3) is 0 Å². The highest BCUT2D eigenvalue weighted by Gasteiger charge is 2.39. The van der Waals surface area contributed by atoms with Gasteiger partial charge in [-0.05, 0) is 30.8 Å². The lowest BCUT2D eigenvalue weighted by molar-refractivity contribution is -0.122. The molecule has 172 valence electrons. The summed E-state index contributed by atoms with van der Waals surface area (Å²) in [6, 6.07) is -0.277. The molecule has 0 aliphatic carbocycles. The molecular formula is C22H36N6O3. The minimum absolute atomic E-state index is 0.0729. The van der Waals surface area contributed by atoms with Gasteiger partial charge in [0.05, 0.1) is 18.5 Å². The Kier molecular flexibility index (Phi) is 8.38. The average molecular weight is 433 g/mol. The molecule has 0 saturated carbocycles. The van der Waals surface area contributed by atoms with Gasteiger partial charge >= 0.3 is 0 Å². The molecule has 2 heterocycles. The number of aryl methyl sites for hydroxylation is 1. The first kappa shape index (κ1) is 24.6. The number of carbonyl (C=O) groups is 2. The number of carbonyl (C=O) groups excluding carboxylic acids is 2. The van der Waals surface area contributed by atoms with Crippen LogP contribution >= 0.6 is 0 Å². The fourth-order valence-electron chi connectivity index (χ4n) is 3.95. The van der Waals surface area contributed by atoms with Gasteiger partial charge < -0.3 is 20.3 Å². The van der Waals surface area contributed by atoms with E-state index in [1.165, 1.54) is 12.3 Å². The molecule has 3 N–H and O–H groups in total. The lowest BCUT2D eigenvalue weighted by atomic mass is 9.80. The van der Waals surface area contributed by atoms with Gasteiger partial charge in [-0.15, -0.1) is 0 Å². The predicted octanol–water partition coefficient (Wildman–Crippen LogP) is 2.17.